The number of aromatic nitrogens is 3. The minimum absolute atomic E-state index is 0.0927. The molecule has 3 rings (SSSR count). The lowest BCUT2D eigenvalue weighted by atomic mass is 10.1. The van der Waals surface area contributed by atoms with Crippen LogP contribution in [0, 0.1) is 5.82 Å². The molecule has 0 bridgehead atoms. The van der Waals surface area contributed by atoms with Gasteiger partial charge in [-0.3, -0.25) is 14.2 Å². The van der Waals surface area contributed by atoms with Crippen molar-refractivity contribution in [2.75, 3.05) is 20.3 Å². The van der Waals surface area contributed by atoms with Crippen LogP contribution in [0.2, 0.25) is 0 Å². The molecule has 0 fully saturated rings. The maximum Gasteiger partial charge on any atom is 0.266 e. The standard InChI is InChI=1S/C17H17FN4O4/c1-25-9-7-19-13(23)6-8-22-10-20-16-14(17(22)24)15(21-26-16)11-2-4-12(18)5-3-11/h2-5,10H,6-9H2,1H3,(H,19,23). The van der Waals surface area contributed by atoms with Gasteiger partial charge in [-0.05, 0) is 24.3 Å². The second-order valence-electron chi connectivity index (χ2n) is 5.55. The SMILES string of the molecule is COCCNC(=O)CCn1cnc2onc(-c3ccc(F)cc3)c2c1=O. The molecule has 0 saturated heterocycles. The Hall–Kier alpha value is -3.07. The Labute approximate surface area is 147 Å². The van der Waals surface area contributed by atoms with Gasteiger partial charge in [-0.1, -0.05) is 5.16 Å². The molecule has 0 aliphatic heterocycles. The third-order valence-corrected chi connectivity index (χ3v) is 3.79. The second kappa shape index (κ2) is 7.87. The zero-order chi connectivity index (χ0) is 18.5. The van der Waals surface area contributed by atoms with Crippen molar-refractivity contribution in [1.82, 2.24) is 20.0 Å². The number of fused-ring (bicyclic) bond motifs is 1. The first-order valence-electron chi connectivity index (χ1n) is 7.96. The smallest absolute Gasteiger partial charge is 0.266 e. The van der Waals surface area contributed by atoms with E-state index in [9.17, 15) is 14.0 Å². The van der Waals surface area contributed by atoms with Crippen LogP contribution < -0.4 is 10.9 Å². The fourth-order valence-corrected chi connectivity index (χ4v) is 2.45. The molecule has 8 nitrogen and oxygen atoms in total. The van der Waals surface area contributed by atoms with Crippen LogP contribution in [0.1, 0.15) is 6.42 Å². The molecular weight excluding hydrogens is 343 g/mol. The van der Waals surface area contributed by atoms with Gasteiger partial charge >= 0.3 is 0 Å². The monoisotopic (exact) mass is 360 g/mol. The highest BCUT2D eigenvalue weighted by Crippen LogP contribution is 2.24. The molecule has 136 valence electrons. The number of carbonyl (C=O) groups excluding carboxylic acids is 1. The number of halogens is 1. The van der Waals surface area contributed by atoms with E-state index in [0.29, 0.717) is 18.7 Å². The molecule has 0 unspecified atom stereocenters. The quantitative estimate of drug-likeness (QED) is 0.639. The summed E-state index contributed by atoms with van der Waals surface area (Å²) in [5.74, 6) is -0.588. The van der Waals surface area contributed by atoms with Crippen LogP contribution in [0.25, 0.3) is 22.4 Å². The summed E-state index contributed by atoms with van der Waals surface area (Å²) in [6, 6.07) is 5.56. The van der Waals surface area contributed by atoms with Crippen LogP contribution in [0.15, 0.2) is 39.9 Å². The summed E-state index contributed by atoms with van der Waals surface area (Å²) >= 11 is 0. The minimum Gasteiger partial charge on any atom is -0.383 e. The van der Waals surface area contributed by atoms with Crippen LogP contribution in [0.3, 0.4) is 0 Å². The van der Waals surface area contributed by atoms with Crippen molar-refractivity contribution in [3.05, 3.63) is 46.8 Å². The summed E-state index contributed by atoms with van der Waals surface area (Å²) in [5, 5.41) is 6.75. The van der Waals surface area contributed by atoms with Gasteiger partial charge in [0.25, 0.3) is 11.3 Å². The van der Waals surface area contributed by atoms with Crippen LogP contribution >= 0.6 is 0 Å². The molecule has 26 heavy (non-hydrogen) atoms. The average Bonchev–Trinajstić information content (AvgIpc) is 3.07. The maximum absolute atomic E-state index is 13.1. The van der Waals surface area contributed by atoms with Crippen LogP contribution in [0.5, 0.6) is 0 Å². The Morgan fingerprint density at radius 3 is 2.85 bits per heavy atom. The van der Waals surface area contributed by atoms with E-state index in [-0.39, 0.29) is 41.2 Å². The predicted octanol–water partition coefficient (Wildman–Crippen LogP) is 1.34. The van der Waals surface area contributed by atoms with Gasteiger partial charge in [0.05, 0.1) is 6.61 Å². The van der Waals surface area contributed by atoms with Crippen molar-refractivity contribution < 1.29 is 18.4 Å². The predicted molar refractivity (Wildman–Crippen MR) is 91.0 cm³/mol. The summed E-state index contributed by atoms with van der Waals surface area (Å²) in [4.78, 5) is 28.6. The van der Waals surface area contributed by atoms with Crippen molar-refractivity contribution in [1.29, 1.82) is 0 Å². The highest BCUT2D eigenvalue weighted by atomic mass is 19.1. The molecular formula is C17H17FN4O4. The fourth-order valence-electron chi connectivity index (χ4n) is 2.45. The molecule has 9 heteroatoms. The lowest BCUT2D eigenvalue weighted by Gasteiger charge is -2.06. The van der Waals surface area contributed by atoms with Gasteiger partial charge in [-0.2, -0.15) is 0 Å². The molecule has 2 heterocycles. The second-order valence-corrected chi connectivity index (χ2v) is 5.55. The van der Waals surface area contributed by atoms with E-state index >= 15 is 0 Å². The van der Waals surface area contributed by atoms with Gasteiger partial charge in [0.2, 0.25) is 5.91 Å². The van der Waals surface area contributed by atoms with Crippen LogP contribution in [-0.4, -0.2) is 40.9 Å². The minimum atomic E-state index is -0.392. The molecule has 0 radical (unpaired) electrons. The van der Waals surface area contributed by atoms with Crippen molar-refractivity contribution in [3.8, 4) is 11.3 Å². The van der Waals surface area contributed by atoms with Crippen molar-refractivity contribution in [2.24, 2.45) is 0 Å². The first-order chi connectivity index (χ1) is 12.6. The van der Waals surface area contributed by atoms with Gasteiger partial charge in [0.15, 0.2) is 0 Å². The molecule has 0 spiro atoms. The first kappa shape index (κ1) is 17.7. The number of nitrogens with one attached hydrogen (secondary N) is 1. The lowest BCUT2D eigenvalue weighted by molar-refractivity contribution is -0.121. The topological polar surface area (TPSA) is 99.2 Å². The van der Waals surface area contributed by atoms with Crippen LogP contribution in [0.4, 0.5) is 4.39 Å². The zero-order valence-corrected chi connectivity index (χ0v) is 14.1. The van der Waals surface area contributed by atoms with E-state index in [4.69, 9.17) is 9.26 Å². The number of aryl methyl sites for hydroxylation is 1. The highest BCUT2D eigenvalue weighted by Gasteiger charge is 2.17. The van der Waals surface area contributed by atoms with Crippen molar-refractivity contribution in [3.63, 3.8) is 0 Å². The van der Waals surface area contributed by atoms with Gasteiger partial charge < -0.3 is 14.6 Å². The molecule has 1 aromatic carbocycles. The maximum atomic E-state index is 13.1. The summed E-state index contributed by atoms with van der Waals surface area (Å²) in [5.41, 5.74) is 0.547. The molecule has 1 amide bonds. The number of benzene rings is 1. The molecule has 2 aromatic heterocycles. The van der Waals surface area contributed by atoms with E-state index < -0.39 is 5.82 Å². The molecule has 0 aliphatic carbocycles. The molecule has 1 N–H and O–H groups in total. The number of carbonyl (C=O) groups is 1. The Kier molecular flexibility index (Phi) is 5.37. The number of nitrogens with zero attached hydrogens (tertiary/aromatic N) is 3. The van der Waals surface area contributed by atoms with E-state index in [2.05, 4.69) is 15.5 Å². The van der Waals surface area contributed by atoms with Crippen LogP contribution in [-0.2, 0) is 16.1 Å². The Morgan fingerprint density at radius 1 is 1.35 bits per heavy atom. The zero-order valence-electron chi connectivity index (χ0n) is 14.1. The number of ether oxygens (including phenoxy) is 1. The number of hydrogen-bond acceptors (Lipinski definition) is 6. The molecule has 0 saturated carbocycles. The lowest BCUT2D eigenvalue weighted by Crippen LogP contribution is -2.29. The molecule has 0 aliphatic rings. The van der Waals surface area contributed by atoms with E-state index in [1.165, 1.54) is 35.2 Å². The van der Waals surface area contributed by atoms with E-state index in [1.807, 2.05) is 0 Å². The number of amides is 1. The fraction of sp³-hybridized carbons (Fsp3) is 0.294. The third-order valence-electron chi connectivity index (χ3n) is 3.79. The molecule has 0 atom stereocenters. The van der Waals surface area contributed by atoms with Gasteiger partial charge in [0.1, 0.15) is 23.2 Å². The highest BCUT2D eigenvalue weighted by molar-refractivity contribution is 5.88. The van der Waals surface area contributed by atoms with E-state index in [1.54, 1.807) is 7.11 Å². The summed E-state index contributed by atoms with van der Waals surface area (Å²) < 4.78 is 24.4. The molecule has 3 aromatic rings. The van der Waals surface area contributed by atoms with Gasteiger partial charge in [-0.25, -0.2) is 9.37 Å². The largest absolute Gasteiger partial charge is 0.383 e. The van der Waals surface area contributed by atoms with Gasteiger partial charge in [0, 0.05) is 32.2 Å². The first-order valence-corrected chi connectivity index (χ1v) is 7.96. The van der Waals surface area contributed by atoms with Crippen molar-refractivity contribution >= 4 is 17.0 Å². The van der Waals surface area contributed by atoms with E-state index in [0.717, 1.165) is 0 Å². The summed E-state index contributed by atoms with van der Waals surface area (Å²) in [6.45, 7) is 0.984. The Balaban J connectivity index is 1.84. The van der Waals surface area contributed by atoms with Crippen molar-refractivity contribution in [2.45, 2.75) is 13.0 Å². The summed E-state index contributed by atoms with van der Waals surface area (Å²) in [7, 11) is 1.55. The summed E-state index contributed by atoms with van der Waals surface area (Å²) in [6.07, 6.45) is 1.43. The number of methoxy groups -OCH3 is 1. The Bertz CT molecular complexity index is 965. The number of rotatable bonds is 7. The third kappa shape index (κ3) is 3.77. The normalized spacial score (nSPS) is 11.0. The Morgan fingerprint density at radius 2 is 2.12 bits per heavy atom. The average molecular weight is 360 g/mol. The number of hydrogen-bond donors (Lipinski definition) is 1. The van der Waals surface area contributed by atoms with Gasteiger partial charge in [-0.15, -0.1) is 0 Å².